The third kappa shape index (κ3) is 4.99. The molecule has 0 unspecified atom stereocenters. The molecule has 0 saturated heterocycles. The lowest BCUT2D eigenvalue weighted by Crippen LogP contribution is -2.23. The Morgan fingerprint density at radius 2 is 1.81 bits per heavy atom. The Bertz CT molecular complexity index is 1650. The molecule has 182 valence electrons. The van der Waals surface area contributed by atoms with Gasteiger partial charge in [0.25, 0.3) is 5.56 Å². The van der Waals surface area contributed by atoms with Crippen molar-refractivity contribution < 1.29 is 14.3 Å². The normalized spacial score (nSPS) is 11.9. The van der Waals surface area contributed by atoms with Crippen molar-refractivity contribution in [3.63, 3.8) is 0 Å². The summed E-state index contributed by atoms with van der Waals surface area (Å²) in [5.74, 6) is 1.07. The quantitative estimate of drug-likeness (QED) is 0.170. The van der Waals surface area contributed by atoms with Gasteiger partial charge in [0.05, 0.1) is 16.7 Å². The number of nitrogens with zero attached hydrogens (tertiary/aromatic N) is 3. The van der Waals surface area contributed by atoms with E-state index in [-0.39, 0.29) is 5.56 Å². The molecule has 0 aliphatic carbocycles. The van der Waals surface area contributed by atoms with Crippen LogP contribution in [0.15, 0.2) is 65.5 Å². The molecule has 0 amide bonds. The number of esters is 1. The molecule has 0 aliphatic heterocycles. The van der Waals surface area contributed by atoms with Crippen molar-refractivity contribution in [2.45, 2.75) is 33.1 Å². The molecule has 5 rings (SSSR count). The fourth-order valence-corrected chi connectivity index (χ4v) is 4.84. The first-order chi connectivity index (χ1) is 17.5. The fourth-order valence-electron chi connectivity index (χ4n) is 3.93. The molecule has 0 radical (unpaired) electrons. The summed E-state index contributed by atoms with van der Waals surface area (Å²) in [6, 6.07) is 19.1. The van der Waals surface area contributed by atoms with E-state index in [9.17, 15) is 9.59 Å². The van der Waals surface area contributed by atoms with E-state index in [1.807, 2.05) is 60.7 Å². The number of carbonyl (C=O) groups is 1. The van der Waals surface area contributed by atoms with Crippen LogP contribution < -0.4 is 19.6 Å². The van der Waals surface area contributed by atoms with E-state index < -0.39 is 5.97 Å². The average Bonchev–Trinajstić information content (AvgIpc) is 3.41. The van der Waals surface area contributed by atoms with Gasteiger partial charge in [-0.1, -0.05) is 67.5 Å². The lowest BCUT2D eigenvalue weighted by Gasteiger charge is -2.08. The zero-order valence-corrected chi connectivity index (χ0v) is 20.9. The predicted molar refractivity (Wildman–Crippen MR) is 142 cm³/mol. The second kappa shape index (κ2) is 10.3. The van der Waals surface area contributed by atoms with E-state index in [1.54, 1.807) is 6.07 Å². The van der Waals surface area contributed by atoms with Gasteiger partial charge in [0.15, 0.2) is 5.82 Å². The van der Waals surface area contributed by atoms with E-state index in [0.717, 1.165) is 41.3 Å². The monoisotopic (exact) mass is 499 g/mol. The number of benzene rings is 3. The molecule has 0 spiro atoms. The van der Waals surface area contributed by atoms with Gasteiger partial charge in [0.1, 0.15) is 11.5 Å². The molecule has 2 aromatic heterocycles. The van der Waals surface area contributed by atoms with Crippen molar-refractivity contribution in [1.29, 1.82) is 0 Å². The van der Waals surface area contributed by atoms with E-state index in [0.29, 0.717) is 33.2 Å². The first-order valence-electron chi connectivity index (χ1n) is 11.9. The number of ether oxygens (including phenoxy) is 2. The summed E-state index contributed by atoms with van der Waals surface area (Å²) in [6.07, 6.45) is 5.17. The molecule has 0 bridgehead atoms. The molecule has 3 aromatic carbocycles. The zero-order valence-electron chi connectivity index (χ0n) is 20.1. The molecule has 7 nitrogen and oxygen atoms in total. The minimum Gasteiger partial charge on any atom is -0.494 e. The molecule has 5 aromatic rings. The summed E-state index contributed by atoms with van der Waals surface area (Å²) in [5, 5.41) is 6.34. The summed E-state index contributed by atoms with van der Waals surface area (Å²) >= 11 is 1.26. The molecule has 0 fully saturated rings. The van der Waals surface area contributed by atoms with E-state index in [1.165, 1.54) is 22.8 Å². The summed E-state index contributed by atoms with van der Waals surface area (Å²) in [7, 11) is 0. The van der Waals surface area contributed by atoms with Crippen molar-refractivity contribution in [3.8, 4) is 22.9 Å². The van der Waals surface area contributed by atoms with E-state index >= 15 is 0 Å². The first kappa shape index (κ1) is 23.7. The number of fused-ring (bicyclic) bond motifs is 2. The molecular weight excluding hydrogens is 474 g/mol. The molecular formula is C28H25N3O4S. The molecule has 0 saturated carbocycles. The van der Waals surface area contributed by atoms with Crippen LogP contribution in [-0.2, 0) is 4.79 Å². The van der Waals surface area contributed by atoms with Crippen LogP contribution in [0, 0.1) is 0 Å². The van der Waals surface area contributed by atoms with Crippen molar-refractivity contribution in [3.05, 3.63) is 81.1 Å². The van der Waals surface area contributed by atoms with Gasteiger partial charge in [-0.3, -0.25) is 9.59 Å². The predicted octanol–water partition coefficient (Wildman–Crippen LogP) is 5.01. The van der Waals surface area contributed by atoms with Crippen molar-refractivity contribution in [2.24, 2.45) is 0 Å². The molecule has 0 aliphatic rings. The lowest BCUT2D eigenvalue weighted by atomic mass is 10.1. The Morgan fingerprint density at radius 3 is 2.50 bits per heavy atom. The topological polar surface area (TPSA) is 82.8 Å². The maximum absolute atomic E-state index is 13.1. The van der Waals surface area contributed by atoms with Crippen LogP contribution in [0.5, 0.6) is 11.5 Å². The van der Waals surface area contributed by atoms with E-state index in [2.05, 4.69) is 17.0 Å². The van der Waals surface area contributed by atoms with Gasteiger partial charge in [-0.25, -0.2) is 0 Å². The van der Waals surface area contributed by atoms with Crippen LogP contribution in [-0.4, -0.2) is 27.2 Å². The number of rotatable bonds is 8. The lowest BCUT2D eigenvalue weighted by molar-refractivity contribution is -0.131. The molecule has 8 heteroatoms. The van der Waals surface area contributed by atoms with Gasteiger partial charge in [-0.2, -0.15) is 9.50 Å². The van der Waals surface area contributed by atoms with Crippen LogP contribution in [0.25, 0.3) is 33.2 Å². The Kier molecular flexibility index (Phi) is 6.77. The SMILES string of the molecule is CCCCCOc1ccc(C=c2sc3nc(-c4cc5ccccc5cc4OC(C)=O)nn3c2=O)cc1. The summed E-state index contributed by atoms with van der Waals surface area (Å²) < 4.78 is 13.0. The van der Waals surface area contributed by atoms with Gasteiger partial charge in [0, 0.05) is 6.92 Å². The number of carbonyl (C=O) groups excluding carboxylic acids is 1. The van der Waals surface area contributed by atoms with Gasteiger partial charge in [-0.15, -0.1) is 5.10 Å². The number of unbranched alkanes of at least 4 members (excludes halogenated alkanes) is 2. The maximum Gasteiger partial charge on any atom is 0.308 e. The largest absolute Gasteiger partial charge is 0.494 e. The van der Waals surface area contributed by atoms with Crippen LogP contribution in [0.2, 0.25) is 0 Å². The molecule has 2 heterocycles. The second-order valence-electron chi connectivity index (χ2n) is 8.46. The van der Waals surface area contributed by atoms with Crippen LogP contribution in [0.1, 0.15) is 38.7 Å². The van der Waals surface area contributed by atoms with Crippen LogP contribution in [0.4, 0.5) is 0 Å². The summed E-state index contributed by atoms with van der Waals surface area (Å²) in [5.41, 5.74) is 1.20. The highest BCUT2D eigenvalue weighted by Crippen LogP contribution is 2.33. The third-order valence-corrected chi connectivity index (χ3v) is 6.68. The zero-order chi connectivity index (χ0) is 25.1. The second-order valence-corrected chi connectivity index (χ2v) is 9.47. The Labute approximate surface area is 211 Å². The van der Waals surface area contributed by atoms with Gasteiger partial charge in [-0.05, 0) is 53.1 Å². The van der Waals surface area contributed by atoms with Gasteiger partial charge in [0.2, 0.25) is 4.96 Å². The smallest absolute Gasteiger partial charge is 0.308 e. The summed E-state index contributed by atoms with van der Waals surface area (Å²) in [4.78, 5) is 29.8. The fraction of sp³-hybridized carbons (Fsp3) is 0.214. The minimum absolute atomic E-state index is 0.247. The van der Waals surface area contributed by atoms with Crippen molar-refractivity contribution >= 4 is 39.1 Å². The van der Waals surface area contributed by atoms with Crippen LogP contribution >= 0.6 is 11.3 Å². The van der Waals surface area contributed by atoms with Gasteiger partial charge >= 0.3 is 5.97 Å². The minimum atomic E-state index is -0.439. The van der Waals surface area contributed by atoms with E-state index in [4.69, 9.17) is 9.47 Å². The number of thiazole rings is 1. The molecule has 0 atom stereocenters. The van der Waals surface area contributed by atoms with Crippen LogP contribution in [0.3, 0.4) is 0 Å². The van der Waals surface area contributed by atoms with Crippen molar-refractivity contribution in [1.82, 2.24) is 14.6 Å². The Hall–Kier alpha value is -4.04. The highest BCUT2D eigenvalue weighted by Gasteiger charge is 2.17. The molecule has 36 heavy (non-hydrogen) atoms. The summed E-state index contributed by atoms with van der Waals surface area (Å²) in [6.45, 7) is 4.21. The highest BCUT2D eigenvalue weighted by atomic mass is 32.1. The average molecular weight is 500 g/mol. The Morgan fingerprint density at radius 1 is 1.06 bits per heavy atom. The number of hydrogen-bond donors (Lipinski definition) is 0. The number of aromatic nitrogens is 3. The van der Waals surface area contributed by atoms with Gasteiger partial charge < -0.3 is 9.47 Å². The first-order valence-corrected chi connectivity index (χ1v) is 12.7. The standard InChI is InChI=1S/C28H25N3O4S/c1-3-4-7-14-34-22-12-10-19(11-13-22)15-25-27(33)31-28(36-25)29-26(30-31)23-16-20-8-5-6-9-21(20)17-24(23)35-18(2)32/h5-6,8-13,15-17H,3-4,7,14H2,1-2H3. The van der Waals surface area contributed by atoms with Crippen molar-refractivity contribution in [2.75, 3.05) is 6.61 Å². The number of hydrogen-bond acceptors (Lipinski definition) is 7. The Balaban J connectivity index is 1.46. The third-order valence-electron chi connectivity index (χ3n) is 5.72. The maximum atomic E-state index is 13.1. The molecule has 0 N–H and O–H groups in total. The highest BCUT2D eigenvalue weighted by molar-refractivity contribution is 7.15.